The molecule has 3 heteroatoms. The van der Waals surface area contributed by atoms with Crippen molar-refractivity contribution in [3.63, 3.8) is 0 Å². The molecule has 0 spiro atoms. The molecule has 0 aliphatic carbocycles. The van der Waals surface area contributed by atoms with Gasteiger partial charge in [-0.25, -0.2) is 0 Å². The summed E-state index contributed by atoms with van der Waals surface area (Å²) in [5.41, 5.74) is 1.23. The molecule has 1 aromatic rings. The molecule has 94 valence electrons. The molecule has 1 unspecified atom stereocenters. The highest BCUT2D eigenvalue weighted by Crippen LogP contribution is 2.15. The number of hydrogen-bond donors (Lipinski definition) is 1. The number of ether oxygens (including phenoxy) is 2. The van der Waals surface area contributed by atoms with Crippen molar-refractivity contribution in [1.82, 2.24) is 0 Å². The van der Waals surface area contributed by atoms with E-state index in [1.165, 1.54) is 12.0 Å². The fourth-order valence-corrected chi connectivity index (χ4v) is 2.00. The maximum absolute atomic E-state index is 9.16. The number of rotatable bonds is 5. The minimum atomic E-state index is 0.0172. The van der Waals surface area contributed by atoms with Gasteiger partial charge in [0.25, 0.3) is 0 Å². The quantitative estimate of drug-likeness (QED) is 0.799. The van der Waals surface area contributed by atoms with E-state index in [1.54, 1.807) is 12.1 Å². The van der Waals surface area contributed by atoms with Crippen molar-refractivity contribution in [2.45, 2.75) is 38.4 Å². The molecule has 1 heterocycles. The van der Waals surface area contributed by atoms with Crippen molar-refractivity contribution in [3.8, 4) is 5.75 Å². The first-order valence-corrected chi connectivity index (χ1v) is 6.36. The molecule has 3 nitrogen and oxygen atoms in total. The third kappa shape index (κ3) is 4.36. The summed E-state index contributed by atoms with van der Waals surface area (Å²) in [5, 5.41) is 9.16. The SMILES string of the molecule is Oc1ccc(CCCOC2CCCCO2)cc1. The normalized spacial score (nSPS) is 20.4. The summed E-state index contributed by atoms with van der Waals surface area (Å²) in [5.74, 6) is 0.320. The molecule has 0 bridgehead atoms. The zero-order valence-electron chi connectivity index (χ0n) is 10.1. The molecule has 1 aromatic carbocycles. The van der Waals surface area contributed by atoms with Gasteiger partial charge in [-0.05, 0) is 49.8 Å². The van der Waals surface area contributed by atoms with Gasteiger partial charge in [0.1, 0.15) is 5.75 Å². The number of phenols is 1. The molecule has 1 atom stereocenters. The molecule has 1 saturated heterocycles. The van der Waals surface area contributed by atoms with E-state index in [0.29, 0.717) is 5.75 Å². The van der Waals surface area contributed by atoms with Crippen LogP contribution in [0.3, 0.4) is 0 Å². The number of hydrogen-bond acceptors (Lipinski definition) is 3. The van der Waals surface area contributed by atoms with Gasteiger partial charge >= 0.3 is 0 Å². The lowest BCUT2D eigenvalue weighted by Crippen LogP contribution is -2.22. The first-order chi connectivity index (χ1) is 8.34. The molecule has 0 aromatic heterocycles. The van der Waals surface area contributed by atoms with Crippen molar-refractivity contribution in [2.75, 3.05) is 13.2 Å². The lowest BCUT2D eigenvalue weighted by molar-refractivity contribution is -0.162. The minimum Gasteiger partial charge on any atom is -0.508 e. The van der Waals surface area contributed by atoms with Crippen LogP contribution in [0.1, 0.15) is 31.2 Å². The zero-order valence-corrected chi connectivity index (χ0v) is 10.1. The summed E-state index contributed by atoms with van der Waals surface area (Å²) >= 11 is 0. The van der Waals surface area contributed by atoms with Crippen LogP contribution >= 0.6 is 0 Å². The molecule has 17 heavy (non-hydrogen) atoms. The molecule has 1 fully saturated rings. The second kappa shape index (κ2) is 6.62. The molecule has 0 radical (unpaired) electrons. The fourth-order valence-electron chi connectivity index (χ4n) is 2.00. The Hall–Kier alpha value is -1.06. The third-order valence-electron chi connectivity index (χ3n) is 2.99. The van der Waals surface area contributed by atoms with Gasteiger partial charge in [-0.1, -0.05) is 12.1 Å². The summed E-state index contributed by atoms with van der Waals surface area (Å²) in [7, 11) is 0. The summed E-state index contributed by atoms with van der Waals surface area (Å²) in [4.78, 5) is 0. The highest BCUT2D eigenvalue weighted by atomic mass is 16.7. The third-order valence-corrected chi connectivity index (χ3v) is 2.99. The Bertz CT molecular complexity index is 315. The van der Waals surface area contributed by atoms with Gasteiger partial charge in [-0.15, -0.1) is 0 Å². The van der Waals surface area contributed by atoms with E-state index in [9.17, 15) is 0 Å². The van der Waals surface area contributed by atoms with Crippen LogP contribution < -0.4 is 0 Å². The highest BCUT2D eigenvalue weighted by molar-refractivity contribution is 5.25. The minimum absolute atomic E-state index is 0.0172. The van der Waals surface area contributed by atoms with Gasteiger partial charge in [0.2, 0.25) is 0 Å². The van der Waals surface area contributed by atoms with Crippen LogP contribution in [-0.2, 0) is 15.9 Å². The standard InChI is InChI=1S/C14H20O3/c15-13-8-6-12(7-9-13)4-3-11-17-14-5-1-2-10-16-14/h6-9,14-15H,1-5,10-11H2. The summed E-state index contributed by atoms with van der Waals surface area (Å²) in [6.45, 7) is 1.58. The van der Waals surface area contributed by atoms with E-state index >= 15 is 0 Å². The zero-order chi connectivity index (χ0) is 11.9. The van der Waals surface area contributed by atoms with Crippen LogP contribution in [0.15, 0.2) is 24.3 Å². The Morgan fingerprint density at radius 1 is 1.24 bits per heavy atom. The molecule has 1 aliphatic heterocycles. The fraction of sp³-hybridized carbons (Fsp3) is 0.571. The number of aromatic hydroxyl groups is 1. The van der Waals surface area contributed by atoms with Crippen LogP contribution in [0, 0.1) is 0 Å². The topological polar surface area (TPSA) is 38.7 Å². The van der Waals surface area contributed by atoms with Crippen LogP contribution in [0.5, 0.6) is 5.75 Å². The monoisotopic (exact) mass is 236 g/mol. The Morgan fingerprint density at radius 2 is 2.06 bits per heavy atom. The maximum Gasteiger partial charge on any atom is 0.157 e. The van der Waals surface area contributed by atoms with E-state index < -0.39 is 0 Å². The molecule has 1 N–H and O–H groups in total. The van der Waals surface area contributed by atoms with Crippen LogP contribution in [-0.4, -0.2) is 24.6 Å². The van der Waals surface area contributed by atoms with Gasteiger partial charge in [0.05, 0.1) is 6.61 Å². The van der Waals surface area contributed by atoms with Crippen LogP contribution in [0.4, 0.5) is 0 Å². The first-order valence-electron chi connectivity index (χ1n) is 6.36. The van der Waals surface area contributed by atoms with Crippen molar-refractivity contribution in [2.24, 2.45) is 0 Å². The number of phenolic OH excluding ortho intramolecular Hbond substituents is 1. The van der Waals surface area contributed by atoms with Gasteiger partial charge < -0.3 is 14.6 Å². The van der Waals surface area contributed by atoms with E-state index in [1.807, 2.05) is 12.1 Å². The van der Waals surface area contributed by atoms with Gasteiger partial charge in [-0.3, -0.25) is 0 Å². The predicted octanol–water partition coefficient (Wildman–Crippen LogP) is 2.87. The summed E-state index contributed by atoms with van der Waals surface area (Å²) in [6.07, 6.45) is 5.39. The lowest BCUT2D eigenvalue weighted by Gasteiger charge is -2.22. The second-order valence-corrected chi connectivity index (χ2v) is 4.44. The van der Waals surface area contributed by atoms with Crippen molar-refractivity contribution >= 4 is 0 Å². The highest BCUT2D eigenvalue weighted by Gasteiger charge is 2.13. The summed E-state index contributed by atoms with van der Waals surface area (Å²) < 4.78 is 11.1. The Morgan fingerprint density at radius 3 is 2.76 bits per heavy atom. The molecule has 0 amide bonds. The Balaban J connectivity index is 1.60. The Kier molecular flexibility index (Phi) is 4.83. The Labute approximate surface area is 102 Å². The predicted molar refractivity (Wildman–Crippen MR) is 66.0 cm³/mol. The van der Waals surface area contributed by atoms with E-state index in [2.05, 4.69) is 0 Å². The van der Waals surface area contributed by atoms with Crippen molar-refractivity contribution in [1.29, 1.82) is 0 Å². The first kappa shape index (κ1) is 12.4. The van der Waals surface area contributed by atoms with Crippen LogP contribution in [0.2, 0.25) is 0 Å². The maximum atomic E-state index is 9.16. The van der Waals surface area contributed by atoms with E-state index in [4.69, 9.17) is 14.6 Å². The van der Waals surface area contributed by atoms with Crippen molar-refractivity contribution in [3.05, 3.63) is 29.8 Å². The molecule has 0 saturated carbocycles. The van der Waals surface area contributed by atoms with Gasteiger partial charge in [0, 0.05) is 6.61 Å². The molecule has 1 aliphatic rings. The average molecular weight is 236 g/mol. The van der Waals surface area contributed by atoms with Gasteiger partial charge in [0.15, 0.2) is 6.29 Å². The number of aryl methyl sites for hydroxylation is 1. The average Bonchev–Trinajstić information content (AvgIpc) is 2.38. The van der Waals surface area contributed by atoms with Crippen LogP contribution in [0.25, 0.3) is 0 Å². The largest absolute Gasteiger partial charge is 0.508 e. The van der Waals surface area contributed by atoms with Crippen molar-refractivity contribution < 1.29 is 14.6 Å². The molecule has 2 rings (SSSR count). The smallest absolute Gasteiger partial charge is 0.157 e. The molecular weight excluding hydrogens is 216 g/mol. The second-order valence-electron chi connectivity index (χ2n) is 4.44. The molecular formula is C14H20O3. The van der Waals surface area contributed by atoms with E-state index in [-0.39, 0.29) is 6.29 Å². The van der Waals surface area contributed by atoms with E-state index in [0.717, 1.165) is 38.9 Å². The lowest BCUT2D eigenvalue weighted by atomic mass is 10.1. The summed E-state index contributed by atoms with van der Waals surface area (Å²) in [6, 6.07) is 7.35. The number of benzene rings is 1. The van der Waals surface area contributed by atoms with Gasteiger partial charge in [-0.2, -0.15) is 0 Å².